The van der Waals surface area contributed by atoms with Crippen molar-refractivity contribution in [2.75, 3.05) is 0 Å². The van der Waals surface area contributed by atoms with Crippen LogP contribution >= 0.6 is 12.6 Å². The molecule has 0 spiro atoms. The molecule has 0 saturated carbocycles. The van der Waals surface area contributed by atoms with Crippen LogP contribution in [0.5, 0.6) is 11.5 Å². The number of unbranched alkanes of at least 4 members (excludes halogenated alkanes) is 2. The van der Waals surface area contributed by atoms with Gasteiger partial charge in [-0.1, -0.05) is 32.8 Å². The predicted molar refractivity (Wildman–Crippen MR) is 122 cm³/mol. The first-order chi connectivity index (χ1) is 14.5. The summed E-state index contributed by atoms with van der Waals surface area (Å²) >= 11 is 4.54. The van der Waals surface area contributed by atoms with Gasteiger partial charge in [0.05, 0.1) is 16.8 Å². The second kappa shape index (κ2) is 8.44. The molecule has 0 aliphatic carbocycles. The fraction of sp³-hybridized carbons (Fsp3) is 0.304. The van der Waals surface area contributed by atoms with Gasteiger partial charge in [0.1, 0.15) is 11.5 Å². The van der Waals surface area contributed by atoms with Crippen molar-refractivity contribution in [3.8, 4) is 28.6 Å². The van der Waals surface area contributed by atoms with Crippen molar-refractivity contribution in [2.45, 2.75) is 51.2 Å². The lowest BCUT2D eigenvalue weighted by atomic mass is 10.1. The maximum Gasteiger partial charge on any atom is 0.193 e. The maximum absolute atomic E-state index is 10.5. The van der Waals surface area contributed by atoms with Gasteiger partial charge in [0.15, 0.2) is 11.0 Å². The Bertz CT molecular complexity index is 1200. The SMILES string of the molecule is CCCCCn1ccc2c(-n3c(S)nnc3-c3cc(CC)c(O)cc3O)cccc21. The van der Waals surface area contributed by atoms with Crippen molar-refractivity contribution in [1.82, 2.24) is 19.3 Å². The summed E-state index contributed by atoms with van der Waals surface area (Å²) in [6, 6.07) is 11.3. The van der Waals surface area contributed by atoms with E-state index in [1.54, 1.807) is 6.07 Å². The standard InChI is InChI=1S/C23H26N4O2S/c1-3-5-6-11-26-12-10-16-18(26)8-7-9-19(16)27-22(24-25-23(27)30)17-13-15(4-2)20(28)14-21(17)29/h7-10,12-14,28-29H,3-6,11H2,1-2H3,(H,25,30). The average Bonchev–Trinajstić information content (AvgIpc) is 3.32. The number of aromatic hydroxyl groups is 2. The number of hydrogen-bond acceptors (Lipinski definition) is 5. The minimum absolute atomic E-state index is 0.0454. The summed E-state index contributed by atoms with van der Waals surface area (Å²) in [6.07, 6.45) is 6.28. The molecule has 0 atom stereocenters. The Morgan fingerprint density at radius 3 is 2.60 bits per heavy atom. The third-order valence-electron chi connectivity index (χ3n) is 5.50. The molecular weight excluding hydrogens is 396 g/mol. The predicted octanol–water partition coefficient (Wildman–Crippen LogP) is 5.34. The lowest BCUT2D eigenvalue weighted by molar-refractivity contribution is 0.447. The highest BCUT2D eigenvalue weighted by molar-refractivity contribution is 7.80. The van der Waals surface area contributed by atoms with E-state index in [9.17, 15) is 10.2 Å². The van der Waals surface area contributed by atoms with E-state index in [0.717, 1.165) is 35.1 Å². The van der Waals surface area contributed by atoms with E-state index < -0.39 is 0 Å². The van der Waals surface area contributed by atoms with Gasteiger partial charge in [0.2, 0.25) is 0 Å². The summed E-state index contributed by atoms with van der Waals surface area (Å²) in [5.41, 5.74) is 3.28. The number of rotatable bonds is 7. The molecule has 0 bridgehead atoms. The topological polar surface area (TPSA) is 76.1 Å². The third kappa shape index (κ3) is 3.54. The van der Waals surface area contributed by atoms with Crippen LogP contribution in [-0.2, 0) is 13.0 Å². The van der Waals surface area contributed by atoms with Gasteiger partial charge in [-0.3, -0.25) is 4.57 Å². The molecule has 4 aromatic rings. The van der Waals surface area contributed by atoms with E-state index in [-0.39, 0.29) is 11.5 Å². The minimum atomic E-state index is -0.0454. The van der Waals surface area contributed by atoms with Crippen LogP contribution < -0.4 is 0 Å². The smallest absolute Gasteiger partial charge is 0.193 e. The normalized spacial score (nSPS) is 11.4. The molecule has 0 saturated heterocycles. The largest absolute Gasteiger partial charge is 0.508 e. The second-order valence-electron chi connectivity index (χ2n) is 7.44. The van der Waals surface area contributed by atoms with Crippen LogP contribution in [0.4, 0.5) is 0 Å². The first-order valence-electron chi connectivity index (χ1n) is 10.3. The van der Waals surface area contributed by atoms with Gasteiger partial charge in [0.25, 0.3) is 0 Å². The van der Waals surface area contributed by atoms with Crippen molar-refractivity contribution >= 4 is 23.5 Å². The van der Waals surface area contributed by atoms with Gasteiger partial charge >= 0.3 is 0 Å². The lowest BCUT2D eigenvalue weighted by Gasteiger charge is -2.13. The number of benzene rings is 2. The van der Waals surface area contributed by atoms with Crippen LogP contribution in [0.2, 0.25) is 0 Å². The van der Waals surface area contributed by atoms with Gasteiger partial charge in [-0.15, -0.1) is 22.8 Å². The van der Waals surface area contributed by atoms with E-state index in [0.29, 0.717) is 23.0 Å². The molecule has 4 rings (SSSR count). The first kappa shape index (κ1) is 20.3. The Labute approximate surface area is 181 Å². The van der Waals surface area contributed by atoms with Gasteiger partial charge in [0, 0.05) is 24.2 Å². The average molecular weight is 423 g/mol. The molecule has 0 unspecified atom stereocenters. The molecule has 2 aromatic carbocycles. The van der Waals surface area contributed by atoms with Gasteiger partial charge < -0.3 is 14.8 Å². The Morgan fingerprint density at radius 1 is 1.00 bits per heavy atom. The quantitative estimate of drug-likeness (QED) is 0.277. The van der Waals surface area contributed by atoms with Crippen LogP contribution in [0.3, 0.4) is 0 Å². The molecule has 0 amide bonds. The fourth-order valence-electron chi connectivity index (χ4n) is 3.89. The number of nitrogens with zero attached hydrogens (tertiary/aromatic N) is 4. The van der Waals surface area contributed by atoms with E-state index in [1.807, 2.05) is 23.6 Å². The molecule has 0 aliphatic rings. The van der Waals surface area contributed by atoms with Crippen molar-refractivity contribution in [3.05, 3.63) is 48.2 Å². The summed E-state index contributed by atoms with van der Waals surface area (Å²) in [5, 5.41) is 30.5. The summed E-state index contributed by atoms with van der Waals surface area (Å²) in [4.78, 5) is 0. The van der Waals surface area contributed by atoms with Crippen molar-refractivity contribution < 1.29 is 10.2 Å². The van der Waals surface area contributed by atoms with Crippen molar-refractivity contribution in [1.29, 1.82) is 0 Å². The number of aromatic nitrogens is 4. The van der Waals surface area contributed by atoms with E-state index in [2.05, 4.69) is 52.6 Å². The van der Waals surface area contributed by atoms with Crippen LogP contribution in [0, 0.1) is 0 Å². The molecule has 7 heteroatoms. The molecule has 156 valence electrons. The number of phenolic OH excluding ortho intramolecular Hbond substituents is 2. The number of fused-ring (bicyclic) bond motifs is 1. The zero-order chi connectivity index (χ0) is 21.3. The fourth-order valence-corrected chi connectivity index (χ4v) is 4.13. The minimum Gasteiger partial charge on any atom is -0.508 e. The molecule has 0 aliphatic heterocycles. The second-order valence-corrected chi connectivity index (χ2v) is 7.84. The number of phenols is 2. The highest BCUT2D eigenvalue weighted by Crippen LogP contribution is 2.37. The first-order valence-corrected chi connectivity index (χ1v) is 10.8. The monoisotopic (exact) mass is 422 g/mol. The third-order valence-corrected chi connectivity index (χ3v) is 5.79. The summed E-state index contributed by atoms with van der Waals surface area (Å²) in [5.74, 6) is 0.511. The summed E-state index contributed by atoms with van der Waals surface area (Å²) < 4.78 is 4.11. The number of aryl methyl sites for hydroxylation is 2. The van der Waals surface area contributed by atoms with E-state index >= 15 is 0 Å². The molecule has 2 heterocycles. The summed E-state index contributed by atoms with van der Waals surface area (Å²) in [7, 11) is 0. The van der Waals surface area contributed by atoms with Crippen LogP contribution in [-0.4, -0.2) is 29.5 Å². The van der Waals surface area contributed by atoms with E-state index in [4.69, 9.17) is 0 Å². The number of hydrogen-bond donors (Lipinski definition) is 3. The van der Waals surface area contributed by atoms with Gasteiger partial charge in [-0.25, -0.2) is 0 Å². The molecule has 30 heavy (non-hydrogen) atoms. The Kier molecular flexibility index (Phi) is 5.72. The Hall–Kier alpha value is -2.93. The zero-order valence-electron chi connectivity index (χ0n) is 17.2. The van der Waals surface area contributed by atoms with Gasteiger partial charge in [-0.2, -0.15) is 0 Å². The van der Waals surface area contributed by atoms with Crippen LogP contribution in [0.25, 0.3) is 28.0 Å². The van der Waals surface area contributed by atoms with Gasteiger partial charge in [-0.05, 0) is 42.7 Å². The Balaban J connectivity index is 1.86. The zero-order valence-corrected chi connectivity index (χ0v) is 18.1. The molecular formula is C23H26N4O2S. The van der Waals surface area contributed by atoms with E-state index in [1.165, 1.54) is 18.9 Å². The molecule has 6 nitrogen and oxygen atoms in total. The lowest BCUT2D eigenvalue weighted by Crippen LogP contribution is -2.01. The molecule has 2 N–H and O–H groups in total. The highest BCUT2D eigenvalue weighted by atomic mass is 32.1. The van der Waals surface area contributed by atoms with Crippen molar-refractivity contribution in [3.63, 3.8) is 0 Å². The Morgan fingerprint density at radius 2 is 1.83 bits per heavy atom. The molecule has 0 fully saturated rings. The summed E-state index contributed by atoms with van der Waals surface area (Å²) in [6.45, 7) is 5.13. The van der Waals surface area contributed by atoms with Crippen LogP contribution in [0.1, 0.15) is 38.7 Å². The molecule has 0 radical (unpaired) electrons. The maximum atomic E-state index is 10.5. The number of thiol groups is 1. The van der Waals surface area contributed by atoms with Crippen LogP contribution in [0.15, 0.2) is 47.8 Å². The van der Waals surface area contributed by atoms with Crippen molar-refractivity contribution in [2.24, 2.45) is 0 Å². The highest BCUT2D eigenvalue weighted by Gasteiger charge is 2.20. The molecule has 2 aromatic heterocycles.